The molecule has 36 heavy (non-hydrogen) atoms. The van der Waals surface area contributed by atoms with Gasteiger partial charge in [0.05, 0.1) is 0 Å². The largest absolute Gasteiger partial charge is 0.356 e. The van der Waals surface area contributed by atoms with Crippen LogP contribution in [0, 0.1) is 46.3 Å². The molecule has 8 saturated carbocycles. The van der Waals surface area contributed by atoms with Crippen molar-refractivity contribution in [3.63, 3.8) is 0 Å². The molecule has 0 heterocycles. The van der Waals surface area contributed by atoms with E-state index in [9.17, 15) is 9.59 Å². The van der Waals surface area contributed by atoms with E-state index in [4.69, 9.17) is 0 Å². The van der Waals surface area contributed by atoms with E-state index >= 15 is 0 Å². The third-order valence-electron chi connectivity index (χ3n) is 11.7. The third kappa shape index (κ3) is 5.26. The zero-order chi connectivity index (χ0) is 24.6. The van der Waals surface area contributed by atoms with Crippen molar-refractivity contribution in [1.29, 1.82) is 0 Å². The number of amides is 2. The molecule has 0 aromatic rings. The molecule has 202 valence electrons. The van der Waals surface area contributed by atoms with E-state index in [1.807, 2.05) is 0 Å². The number of carbonyl (C=O) groups excluding carboxylic acids is 2. The zero-order valence-electron chi connectivity index (χ0n) is 22.8. The van der Waals surface area contributed by atoms with Crippen LogP contribution >= 0.6 is 0 Å². The minimum absolute atomic E-state index is 0.0173. The first-order valence-corrected chi connectivity index (χ1v) is 16.1. The van der Waals surface area contributed by atoms with Gasteiger partial charge < -0.3 is 10.6 Å². The highest BCUT2D eigenvalue weighted by Gasteiger charge is 2.55. The summed E-state index contributed by atoms with van der Waals surface area (Å²) in [5, 5.41) is 6.68. The second-order valence-corrected chi connectivity index (χ2v) is 14.7. The average Bonchev–Trinajstić information content (AvgIpc) is 2.82. The first-order valence-electron chi connectivity index (χ1n) is 16.1. The van der Waals surface area contributed by atoms with Crippen LogP contribution in [0.3, 0.4) is 0 Å². The monoisotopic (exact) mass is 496 g/mol. The van der Waals surface area contributed by atoms with Gasteiger partial charge in [-0.15, -0.1) is 0 Å². The van der Waals surface area contributed by atoms with Crippen molar-refractivity contribution in [3.05, 3.63) is 0 Å². The molecule has 8 fully saturated rings. The van der Waals surface area contributed by atoms with Crippen molar-refractivity contribution in [2.45, 2.75) is 128 Å². The van der Waals surface area contributed by atoms with Gasteiger partial charge in [-0.1, -0.05) is 38.5 Å². The lowest BCUT2D eigenvalue weighted by molar-refractivity contribution is -0.146. The van der Waals surface area contributed by atoms with Crippen molar-refractivity contribution in [3.8, 4) is 0 Å². The number of carbonyl (C=O) groups is 2. The summed E-state index contributed by atoms with van der Waals surface area (Å²) in [5.41, 5.74) is 0.0346. The SMILES string of the molecule is O=C(NCCCCCCCCCCNC(=O)C12CC3CC(CC(C3)C1)C2)C12CC3CC(CC(C3)C1)C2. The van der Waals surface area contributed by atoms with Crippen molar-refractivity contribution in [1.82, 2.24) is 10.6 Å². The van der Waals surface area contributed by atoms with Gasteiger partial charge in [-0.05, 0) is 125 Å². The van der Waals surface area contributed by atoms with E-state index in [2.05, 4.69) is 10.6 Å². The number of unbranched alkanes of at least 4 members (excludes halogenated alkanes) is 7. The summed E-state index contributed by atoms with van der Waals surface area (Å²) in [6, 6.07) is 0. The van der Waals surface area contributed by atoms with Crippen LogP contribution in [-0.2, 0) is 9.59 Å². The van der Waals surface area contributed by atoms with Gasteiger partial charge in [0.1, 0.15) is 0 Å². The highest BCUT2D eigenvalue weighted by atomic mass is 16.2. The Kier molecular flexibility index (Phi) is 7.43. The quantitative estimate of drug-likeness (QED) is 0.276. The molecule has 8 rings (SSSR count). The molecule has 0 unspecified atom stereocenters. The third-order valence-corrected chi connectivity index (χ3v) is 11.7. The Morgan fingerprint density at radius 3 is 0.972 bits per heavy atom. The average molecular weight is 497 g/mol. The molecule has 0 aromatic heterocycles. The van der Waals surface area contributed by atoms with Crippen molar-refractivity contribution < 1.29 is 9.59 Å². The summed E-state index contributed by atoms with van der Waals surface area (Å²) in [6.45, 7) is 1.76. The Morgan fingerprint density at radius 2 is 0.694 bits per heavy atom. The molecule has 0 atom stereocenters. The molecule has 8 bridgehead atoms. The second-order valence-electron chi connectivity index (χ2n) is 14.7. The Morgan fingerprint density at radius 1 is 0.444 bits per heavy atom. The van der Waals surface area contributed by atoms with E-state index in [1.54, 1.807) is 0 Å². The highest BCUT2D eigenvalue weighted by Crippen LogP contribution is 2.61. The smallest absolute Gasteiger partial charge is 0.226 e. The van der Waals surface area contributed by atoms with Gasteiger partial charge in [-0.25, -0.2) is 0 Å². The molecule has 0 aromatic carbocycles. The Balaban J connectivity index is 0.768. The van der Waals surface area contributed by atoms with Crippen LogP contribution in [0.2, 0.25) is 0 Å². The van der Waals surface area contributed by atoms with Crippen LogP contribution in [0.25, 0.3) is 0 Å². The Bertz CT molecular complexity index is 667. The molecule has 0 radical (unpaired) electrons. The van der Waals surface area contributed by atoms with E-state index in [1.165, 1.54) is 116 Å². The van der Waals surface area contributed by atoms with Crippen LogP contribution in [0.15, 0.2) is 0 Å². The van der Waals surface area contributed by atoms with Gasteiger partial charge in [0.15, 0.2) is 0 Å². The highest BCUT2D eigenvalue weighted by molar-refractivity contribution is 5.83. The predicted molar refractivity (Wildman–Crippen MR) is 144 cm³/mol. The Labute approximate surface area is 219 Å². The molecule has 0 aliphatic heterocycles. The fraction of sp³-hybridized carbons (Fsp3) is 0.938. The molecule has 2 amide bonds. The molecule has 8 aliphatic carbocycles. The minimum Gasteiger partial charge on any atom is -0.356 e. The van der Waals surface area contributed by atoms with Gasteiger partial charge >= 0.3 is 0 Å². The first kappa shape index (κ1) is 25.2. The fourth-order valence-corrected chi connectivity index (χ4v) is 10.9. The van der Waals surface area contributed by atoms with Gasteiger partial charge in [-0.3, -0.25) is 9.59 Å². The molecular formula is C32H52N2O2. The molecule has 8 aliphatic rings. The van der Waals surface area contributed by atoms with E-state index in [0.717, 1.165) is 61.4 Å². The maximum atomic E-state index is 13.0. The number of nitrogens with one attached hydrogen (secondary N) is 2. The summed E-state index contributed by atoms with van der Waals surface area (Å²) in [5.74, 6) is 5.88. The molecule has 2 N–H and O–H groups in total. The normalized spacial score (nSPS) is 41.6. The van der Waals surface area contributed by atoms with Gasteiger partial charge in [0.25, 0.3) is 0 Å². The molecule has 4 nitrogen and oxygen atoms in total. The van der Waals surface area contributed by atoms with Crippen LogP contribution in [0.1, 0.15) is 128 Å². The second kappa shape index (κ2) is 10.6. The maximum absolute atomic E-state index is 13.0. The summed E-state index contributed by atoms with van der Waals surface area (Å²) < 4.78 is 0. The lowest BCUT2D eigenvalue weighted by Crippen LogP contribution is -2.53. The zero-order valence-corrected chi connectivity index (χ0v) is 22.8. The Hall–Kier alpha value is -1.06. The standard InChI is InChI=1S/C32H52N2O2/c35-29(31-17-23-11-24(18-31)13-25(12-23)19-31)33-9-7-5-3-1-2-4-6-8-10-34-30(36)32-20-26-14-27(21-32)16-28(15-26)22-32/h23-28H,1-22H2,(H,33,35)(H,34,36). The first-order chi connectivity index (χ1) is 17.5. The van der Waals surface area contributed by atoms with Crippen LogP contribution in [0.5, 0.6) is 0 Å². The summed E-state index contributed by atoms with van der Waals surface area (Å²) in [4.78, 5) is 26.0. The predicted octanol–water partition coefficient (Wildman–Crippen LogP) is 6.77. The van der Waals surface area contributed by atoms with Gasteiger partial charge in [-0.2, -0.15) is 0 Å². The molecule has 0 spiro atoms. The van der Waals surface area contributed by atoms with E-state index < -0.39 is 0 Å². The van der Waals surface area contributed by atoms with Crippen LogP contribution < -0.4 is 10.6 Å². The molecule has 4 heteroatoms. The maximum Gasteiger partial charge on any atom is 0.226 e. The van der Waals surface area contributed by atoms with Gasteiger partial charge in [0, 0.05) is 23.9 Å². The molecular weight excluding hydrogens is 444 g/mol. The number of rotatable bonds is 13. The van der Waals surface area contributed by atoms with Crippen LogP contribution in [0.4, 0.5) is 0 Å². The number of hydrogen-bond donors (Lipinski definition) is 2. The van der Waals surface area contributed by atoms with Crippen molar-refractivity contribution in [2.75, 3.05) is 13.1 Å². The summed E-state index contributed by atoms with van der Waals surface area (Å²) >= 11 is 0. The molecule has 0 saturated heterocycles. The van der Waals surface area contributed by atoms with Crippen LogP contribution in [-0.4, -0.2) is 24.9 Å². The topological polar surface area (TPSA) is 58.2 Å². The summed E-state index contributed by atoms with van der Waals surface area (Å²) in [7, 11) is 0. The van der Waals surface area contributed by atoms with Gasteiger partial charge in [0.2, 0.25) is 11.8 Å². The number of hydrogen-bond acceptors (Lipinski definition) is 2. The minimum atomic E-state index is 0.0173. The summed E-state index contributed by atoms with van der Waals surface area (Å²) in [6.07, 6.45) is 25.4. The van der Waals surface area contributed by atoms with Crippen molar-refractivity contribution >= 4 is 11.8 Å². The lowest BCUT2D eigenvalue weighted by Gasteiger charge is -2.55. The lowest BCUT2D eigenvalue weighted by atomic mass is 9.49. The van der Waals surface area contributed by atoms with E-state index in [0.29, 0.717) is 11.8 Å². The van der Waals surface area contributed by atoms with Crippen molar-refractivity contribution in [2.24, 2.45) is 46.3 Å². The fourth-order valence-electron chi connectivity index (χ4n) is 10.9. The van der Waals surface area contributed by atoms with E-state index in [-0.39, 0.29) is 10.8 Å².